The van der Waals surface area contributed by atoms with Crippen LogP contribution >= 0.6 is 0 Å². The molecule has 0 aliphatic carbocycles. The summed E-state index contributed by atoms with van der Waals surface area (Å²) in [6, 6.07) is 6.57. The van der Waals surface area contributed by atoms with Crippen molar-refractivity contribution in [1.29, 1.82) is 0 Å². The number of nitrogens with zero attached hydrogens (tertiary/aromatic N) is 3. The number of carbonyl (C=O) groups excluding carboxylic acids is 1. The first-order valence-corrected chi connectivity index (χ1v) is 8.59. The highest BCUT2D eigenvalue weighted by atomic mass is 19.3. The number of halogens is 2. The highest BCUT2D eigenvalue weighted by molar-refractivity contribution is 6.24. The predicted octanol–water partition coefficient (Wildman–Crippen LogP) is 2.49. The summed E-state index contributed by atoms with van der Waals surface area (Å²) in [5, 5.41) is 2.76. The third kappa shape index (κ3) is 4.87. The molecule has 7 nitrogen and oxygen atoms in total. The molecule has 0 bridgehead atoms. The van der Waals surface area contributed by atoms with Crippen molar-refractivity contribution >= 4 is 17.3 Å². The molecule has 0 unspecified atom stereocenters. The van der Waals surface area contributed by atoms with Crippen molar-refractivity contribution in [3.63, 3.8) is 0 Å². The number of aromatic nitrogens is 2. The van der Waals surface area contributed by atoms with Crippen LogP contribution in [-0.2, 0) is 11.2 Å². The van der Waals surface area contributed by atoms with Crippen LogP contribution in [0, 0.1) is 0 Å². The number of nitrogens with two attached hydrogens (primary N) is 1. The number of amides is 1. The topological polar surface area (TPSA) is 102 Å². The van der Waals surface area contributed by atoms with Gasteiger partial charge in [-0.3, -0.25) is 14.8 Å². The quantitative estimate of drug-likeness (QED) is 0.768. The van der Waals surface area contributed by atoms with E-state index in [2.05, 4.69) is 25.0 Å². The van der Waals surface area contributed by atoms with Crippen LogP contribution in [0.3, 0.4) is 0 Å². The molecule has 0 saturated carbocycles. The molecular formula is C19H19F2N5O2. The summed E-state index contributed by atoms with van der Waals surface area (Å²) in [6.45, 7) is -0.735. The second-order valence-corrected chi connectivity index (χ2v) is 6.19. The Morgan fingerprint density at radius 3 is 2.86 bits per heavy atom. The highest BCUT2D eigenvalue weighted by Crippen LogP contribution is 2.20. The number of nitrogens with one attached hydrogen (secondary N) is 1. The van der Waals surface area contributed by atoms with Gasteiger partial charge in [0, 0.05) is 49.2 Å². The maximum Gasteiger partial charge on any atom is 0.388 e. The lowest BCUT2D eigenvalue weighted by atomic mass is 10.0. The zero-order valence-corrected chi connectivity index (χ0v) is 15.2. The number of hydrogen-bond acceptors (Lipinski definition) is 6. The molecule has 0 aromatic carbocycles. The minimum Gasteiger partial charge on any atom is -0.417 e. The fraction of sp³-hybridized carbons (Fsp3) is 0.263. The Morgan fingerprint density at radius 1 is 1.36 bits per heavy atom. The van der Waals surface area contributed by atoms with Crippen molar-refractivity contribution in [2.75, 3.05) is 6.54 Å². The molecule has 2 aromatic heterocycles. The van der Waals surface area contributed by atoms with Gasteiger partial charge in [0.2, 0.25) is 5.88 Å². The molecule has 1 fully saturated rings. The SMILES string of the molecule is C/C(N)=C1\C(=O)NCCC1=Nc1ccnc(Cc2ccc(OC(F)F)nc2)c1. The molecule has 0 radical (unpaired) electrons. The van der Waals surface area contributed by atoms with Gasteiger partial charge in [-0.1, -0.05) is 6.07 Å². The number of carbonyl (C=O) groups is 1. The number of piperidine rings is 1. The van der Waals surface area contributed by atoms with Crippen LogP contribution in [0.2, 0.25) is 0 Å². The molecular weight excluding hydrogens is 368 g/mol. The van der Waals surface area contributed by atoms with E-state index in [1.807, 2.05) is 0 Å². The van der Waals surface area contributed by atoms with Crippen LogP contribution in [0.1, 0.15) is 24.6 Å². The summed E-state index contributed by atoms with van der Waals surface area (Å²) in [5.41, 5.74) is 9.46. The molecule has 28 heavy (non-hydrogen) atoms. The zero-order chi connectivity index (χ0) is 20.1. The second kappa shape index (κ2) is 8.55. The Kier molecular flexibility index (Phi) is 5.93. The maximum absolute atomic E-state index is 12.2. The van der Waals surface area contributed by atoms with E-state index in [1.54, 1.807) is 31.3 Å². The number of aliphatic imine (C=N–C) groups is 1. The van der Waals surface area contributed by atoms with Crippen molar-refractivity contribution in [1.82, 2.24) is 15.3 Å². The lowest BCUT2D eigenvalue weighted by Gasteiger charge is -2.18. The van der Waals surface area contributed by atoms with Crippen LogP contribution in [0.15, 0.2) is 52.9 Å². The van der Waals surface area contributed by atoms with Crippen molar-refractivity contribution in [3.8, 4) is 5.88 Å². The fourth-order valence-corrected chi connectivity index (χ4v) is 2.83. The van der Waals surface area contributed by atoms with Gasteiger partial charge in [-0.15, -0.1) is 0 Å². The van der Waals surface area contributed by atoms with Gasteiger partial charge in [-0.05, 0) is 24.6 Å². The van der Waals surface area contributed by atoms with Crippen molar-refractivity contribution < 1.29 is 18.3 Å². The van der Waals surface area contributed by atoms with Crippen LogP contribution in [0.25, 0.3) is 0 Å². The molecule has 3 rings (SSSR count). The summed E-state index contributed by atoms with van der Waals surface area (Å²) in [6.07, 6.45) is 4.11. The zero-order valence-electron chi connectivity index (χ0n) is 15.2. The van der Waals surface area contributed by atoms with Gasteiger partial charge in [-0.2, -0.15) is 8.78 Å². The summed E-state index contributed by atoms with van der Waals surface area (Å²) in [4.78, 5) is 24.8. The number of ether oxygens (including phenoxy) is 1. The summed E-state index contributed by atoms with van der Waals surface area (Å²) >= 11 is 0. The van der Waals surface area contributed by atoms with Crippen molar-refractivity contribution in [2.24, 2.45) is 10.7 Å². The van der Waals surface area contributed by atoms with Crippen LogP contribution in [0.5, 0.6) is 5.88 Å². The monoisotopic (exact) mass is 387 g/mol. The Bertz CT molecular complexity index is 922. The fourth-order valence-electron chi connectivity index (χ4n) is 2.83. The van der Waals surface area contributed by atoms with Crippen molar-refractivity contribution in [2.45, 2.75) is 26.4 Å². The van der Waals surface area contributed by atoms with E-state index in [1.165, 1.54) is 12.3 Å². The Morgan fingerprint density at radius 2 is 2.18 bits per heavy atom. The number of alkyl halides is 2. The molecule has 2 aromatic rings. The van der Waals surface area contributed by atoms with Gasteiger partial charge < -0.3 is 15.8 Å². The van der Waals surface area contributed by atoms with Gasteiger partial charge in [0.25, 0.3) is 5.91 Å². The van der Waals surface area contributed by atoms with E-state index < -0.39 is 6.61 Å². The average molecular weight is 387 g/mol. The smallest absolute Gasteiger partial charge is 0.388 e. The van der Waals surface area contributed by atoms with Gasteiger partial charge in [-0.25, -0.2) is 4.98 Å². The lowest BCUT2D eigenvalue weighted by Crippen LogP contribution is -2.37. The molecule has 0 atom stereocenters. The maximum atomic E-state index is 12.2. The van der Waals surface area contributed by atoms with E-state index in [4.69, 9.17) is 5.73 Å². The molecule has 9 heteroatoms. The minimum absolute atomic E-state index is 0.140. The summed E-state index contributed by atoms with van der Waals surface area (Å²) in [5.74, 6) is -0.365. The molecule has 1 aliphatic rings. The number of allylic oxidation sites excluding steroid dienone is 1. The van der Waals surface area contributed by atoms with Gasteiger partial charge in [0.15, 0.2) is 0 Å². The minimum atomic E-state index is -2.91. The average Bonchev–Trinajstić information content (AvgIpc) is 2.63. The van der Waals surface area contributed by atoms with Crippen LogP contribution in [-0.4, -0.2) is 34.7 Å². The predicted molar refractivity (Wildman–Crippen MR) is 99.5 cm³/mol. The highest BCUT2D eigenvalue weighted by Gasteiger charge is 2.22. The number of hydrogen-bond donors (Lipinski definition) is 2. The third-order valence-corrected chi connectivity index (χ3v) is 4.01. The van der Waals surface area contributed by atoms with Gasteiger partial charge in [0.1, 0.15) is 0 Å². The van der Waals surface area contributed by atoms with Crippen molar-refractivity contribution in [3.05, 3.63) is 59.2 Å². The van der Waals surface area contributed by atoms with E-state index in [9.17, 15) is 13.6 Å². The molecule has 3 heterocycles. The Hall–Kier alpha value is -3.36. The molecule has 1 saturated heterocycles. The molecule has 1 amide bonds. The van der Waals surface area contributed by atoms with Crippen LogP contribution < -0.4 is 15.8 Å². The summed E-state index contributed by atoms with van der Waals surface area (Å²) in [7, 11) is 0. The second-order valence-electron chi connectivity index (χ2n) is 6.19. The molecule has 146 valence electrons. The van der Waals surface area contributed by atoms with Crippen LogP contribution in [0.4, 0.5) is 14.5 Å². The van der Waals surface area contributed by atoms with Gasteiger partial charge >= 0.3 is 6.61 Å². The molecule has 1 aliphatic heterocycles. The van der Waals surface area contributed by atoms with E-state index >= 15 is 0 Å². The number of pyridine rings is 2. The Labute approximate surface area is 160 Å². The van der Waals surface area contributed by atoms with E-state index in [-0.39, 0.29) is 11.8 Å². The first-order valence-electron chi connectivity index (χ1n) is 8.59. The molecule has 0 spiro atoms. The summed E-state index contributed by atoms with van der Waals surface area (Å²) < 4.78 is 28.6. The number of rotatable bonds is 5. The lowest BCUT2D eigenvalue weighted by molar-refractivity contribution is -0.117. The van der Waals surface area contributed by atoms with E-state index in [0.717, 1.165) is 11.3 Å². The molecule has 3 N–H and O–H groups in total. The standard InChI is InChI=1S/C19H19F2N5O2/c1-11(22)17-15(5-7-24-18(17)27)26-13-4-6-23-14(9-13)8-12-2-3-16(25-10-12)28-19(20)21/h2-4,6,9-10,19H,5,7-8,22H2,1H3,(H,24,27)/b17-11+,26-15?. The van der Waals surface area contributed by atoms with E-state index in [0.29, 0.717) is 42.1 Å². The van der Waals surface area contributed by atoms with Gasteiger partial charge in [0.05, 0.1) is 17.0 Å². The first kappa shape index (κ1) is 19.4. The first-order chi connectivity index (χ1) is 13.4. The largest absolute Gasteiger partial charge is 0.417 e. The Balaban J connectivity index is 1.79. The third-order valence-electron chi connectivity index (χ3n) is 4.01. The normalized spacial score (nSPS) is 17.6.